The number of rotatable bonds is 18. The molecule has 0 radical (unpaired) electrons. The van der Waals surface area contributed by atoms with Crippen LogP contribution in [0.2, 0.25) is 0 Å². The van der Waals surface area contributed by atoms with Crippen molar-refractivity contribution in [1.29, 1.82) is 0 Å². The van der Waals surface area contributed by atoms with Crippen molar-refractivity contribution >= 4 is 121 Å². The molecule has 0 saturated carbocycles. The van der Waals surface area contributed by atoms with Gasteiger partial charge < -0.3 is 41.3 Å². The van der Waals surface area contributed by atoms with Crippen LogP contribution in [0.3, 0.4) is 0 Å². The summed E-state index contributed by atoms with van der Waals surface area (Å²) in [5.74, 6) is -5.42. The molecule has 0 unspecified atom stereocenters. The van der Waals surface area contributed by atoms with Crippen LogP contribution in [-0.4, -0.2) is 125 Å². The van der Waals surface area contributed by atoms with Gasteiger partial charge in [0.2, 0.25) is 17.7 Å². The predicted molar refractivity (Wildman–Crippen MR) is 334 cm³/mol. The summed E-state index contributed by atoms with van der Waals surface area (Å²) in [5, 5.41) is 50.6. The van der Waals surface area contributed by atoms with Crippen molar-refractivity contribution in [2.24, 2.45) is 5.92 Å². The van der Waals surface area contributed by atoms with Crippen LogP contribution in [-0.2, 0) is 35.3 Å². The lowest BCUT2D eigenvalue weighted by atomic mass is 9.90. The number of thiazole rings is 6. The maximum absolute atomic E-state index is 14.4. The average molecular weight is 1310 g/mol. The van der Waals surface area contributed by atoms with Crippen molar-refractivity contribution in [3.05, 3.63) is 111 Å². The number of hydrogen-bond donors (Lipinski definition) is 7. The standard InChI is InChI=1S/C58H60N12O12S6/c1-28(2)32-20-38(71)46-29(3)87-57(68-46)34(21-41(72)59-4)62-51(80)36-25-83-53(64-36)31-17-18-33(55-66-40(27-86-55)70(19-11-16-45(77)78)43(74)14-9-10-15-44(75)76)61-47(31)35-24-84-56(63-35)37-26-85-58(65-37)49(50(79)30-12-7-6-8-13-30)67-42(73)22-60-52(81)48-39(23-82-5)88-54(32)69-48/h6-8,12-13,17-18,24-28,32,34,49-50,79H,9-11,14-16,19-23H2,1-5H3,(H,59,72)(H,60,81)(H,62,80)(H,67,73)(H,75,76)(H,77,78)/t32-,34-,49-,50-/m0/s1. The van der Waals surface area contributed by atoms with Gasteiger partial charge in [-0.3, -0.25) is 43.3 Å². The van der Waals surface area contributed by atoms with Crippen molar-refractivity contribution in [2.45, 2.75) is 103 Å². The minimum Gasteiger partial charge on any atom is -0.481 e. The number of aliphatic carboxylic acids is 2. The highest BCUT2D eigenvalue weighted by molar-refractivity contribution is 7.15. The number of amides is 5. The quantitative estimate of drug-likeness (QED) is 0.0394. The number of ether oxygens (including phenoxy) is 1. The lowest BCUT2D eigenvalue weighted by Crippen LogP contribution is -2.40. The number of carbonyl (C=O) groups is 8. The number of aliphatic hydroxyl groups is 1. The summed E-state index contributed by atoms with van der Waals surface area (Å²) in [4.78, 5) is 143. The van der Waals surface area contributed by atoms with Gasteiger partial charge in [-0.05, 0) is 49.8 Å². The Morgan fingerprint density at radius 1 is 0.705 bits per heavy atom. The molecule has 10 bridgehead atoms. The largest absolute Gasteiger partial charge is 0.481 e. The summed E-state index contributed by atoms with van der Waals surface area (Å²) in [5.41, 5.74) is 2.56. The maximum Gasteiger partial charge on any atom is 0.303 e. The number of carboxylic acid groups (broad SMARTS) is 2. The molecule has 7 aromatic heterocycles. The third kappa shape index (κ3) is 15.6. The molecule has 24 nitrogen and oxygen atoms in total. The van der Waals surface area contributed by atoms with Crippen LogP contribution in [0.4, 0.5) is 5.82 Å². The molecular weight excluding hydrogens is 1250 g/mol. The Morgan fingerprint density at radius 3 is 2.12 bits per heavy atom. The van der Waals surface area contributed by atoms with Crippen molar-refractivity contribution in [1.82, 2.24) is 56.2 Å². The average Bonchev–Trinajstić information content (AvgIpc) is 2.63. The number of aliphatic hydroxyl groups excluding tert-OH is 1. The van der Waals surface area contributed by atoms with E-state index in [4.69, 9.17) is 44.7 Å². The number of Topliss-reactive ketones (excluding diaryl/α,β-unsaturated/α-hetero) is 1. The van der Waals surface area contributed by atoms with E-state index in [1.807, 2.05) is 13.8 Å². The maximum atomic E-state index is 14.4. The molecule has 8 heterocycles. The van der Waals surface area contributed by atoms with Gasteiger partial charge in [-0.15, -0.1) is 68.0 Å². The predicted octanol–water partition coefficient (Wildman–Crippen LogP) is 9.04. The van der Waals surface area contributed by atoms with Crippen LogP contribution in [0.15, 0.2) is 64.0 Å². The number of fused-ring (bicyclic) bond motifs is 14. The number of nitrogens with one attached hydrogen (secondary N) is 4. The lowest BCUT2D eigenvalue weighted by Gasteiger charge is -2.23. The summed E-state index contributed by atoms with van der Waals surface area (Å²) in [6, 6.07) is 10.1. The second-order valence-corrected chi connectivity index (χ2v) is 26.4. The molecule has 0 fully saturated rings. The second kappa shape index (κ2) is 29.4. The minimum atomic E-state index is -1.30. The van der Waals surface area contributed by atoms with E-state index in [0.717, 1.165) is 22.7 Å². The van der Waals surface area contributed by atoms with Gasteiger partial charge in [0.25, 0.3) is 11.8 Å². The van der Waals surface area contributed by atoms with Crippen molar-refractivity contribution in [3.63, 3.8) is 0 Å². The SMILES string of the molecule is CNC(=O)C[C@@H]1NC(=O)c2csc(n2)-c2ccc(-c3nc(N(CCCC(=O)O)C(=O)CCCCC(=O)O)cs3)nc2-c2csc(n2)-c2csc(n2)[C@H]([C@@H](O)c2ccccc2)NC(=O)CNC(=O)c2nc(sc2COC)[C@H](C(C)C)CC(=O)c2nc1sc2C. The number of nitrogens with zero attached hydrogens (tertiary/aromatic N) is 8. The van der Waals surface area contributed by atoms with E-state index in [-0.39, 0.29) is 98.6 Å². The monoisotopic (exact) mass is 1310 g/mol. The number of anilines is 1. The van der Waals surface area contributed by atoms with Crippen molar-refractivity contribution in [3.8, 4) is 43.4 Å². The van der Waals surface area contributed by atoms with E-state index in [9.17, 15) is 48.6 Å². The molecule has 9 rings (SSSR count). The summed E-state index contributed by atoms with van der Waals surface area (Å²) in [6.07, 6.45) is -1.16. The highest BCUT2D eigenvalue weighted by Crippen LogP contribution is 2.41. The lowest BCUT2D eigenvalue weighted by molar-refractivity contribution is -0.138. The first-order valence-electron chi connectivity index (χ1n) is 27.7. The molecule has 7 N–H and O–H groups in total. The first-order valence-corrected chi connectivity index (χ1v) is 32.8. The molecule has 1 aliphatic rings. The van der Waals surface area contributed by atoms with E-state index in [1.165, 1.54) is 64.4 Å². The Labute approximate surface area is 528 Å². The smallest absolute Gasteiger partial charge is 0.303 e. The van der Waals surface area contributed by atoms with Crippen LogP contribution in [0, 0.1) is 12.8 Å². The highest BCUT2D eigenvalue weighted by Gasteiger charge is 2.33. The number of aromatic nitrogens is 7. The van der Waals surface area contributed by atoms with Crippen LogP contribution in [0.25, 0.3) is 43.4 Å². The van der Waals surface area contributed by atoms with Gasteiger partial charge >= 0.3 is 11.9 Å². The number of unbranched alkanes of at least 4 members (excludes halogenated alkanes) is 1. The number of benzene rings is 1. The first-order chi connectivity index (χ1) is 42.3. The normalized spacial score (nSPS) is 16.1. The molecule has 4 atom stereocenters. The molecular formula is C58H60N12O12S6. The van der Waals surface area contributed by atoms with E-state index >= 15 is 0 Å². The molecule has 1 aliphatic heterocycles. The van der Waals surface area contributed by atoms with Gasteiger partial charge in [0, 0.05) is 84.3 Å². The Hall–Kier alpha value is -7.97. The van der Waals surface area contributed by atoms with Gasteiger partial charge in [-0.25, -0.2) is 34.9 Å². The molecule has 0 aliphatic carbocycles. The molecule has 30 heteroatoms. The van der Waals surface area contributed by atoms with Crippen molar-refractivity contribution in [2.75, 3.05) is 32.1 Å². The number of pyridine rings is 1. The molecule has 8 aromatic rings. The van der Waals surface area contributed by atoms with E-state index < -0.39 is 66.2 Å². The molecule has 88 heavy (non-hydrogen) atoms. The first kappa shape index (κ1) is 64.5. The fraction of sp³-hybridized carbons (Fsp3) is 0.362. The van der Waals surface area contributed by atoms with Crippen LogP contribution < -0.4 is 26.2 Å². The number of methoxy groups -OCH3 is 1. The van der Waals surface area contributed by atoms with E-state index in [2.05, 4.69) is 21.3 Å². The van der Waals surface area contributed by atoms with Gasteiger partial charge in [0.1, 0.15) is 77.2 Å². The summed E-state index contributed by atoms with van der Waals surface area (Å²) >= 11 is 7.12. The third-order valence-electron chi connectivity index (χ3n) is 14.0. The third-order valence-corrected chi connectivity index (χ3v) is 19.7. The zero-order chi connectivity index (χ0) is 62.8. The van der Waals surface area contributed by atoms with Gasteiger partial charge in [-0.1, -0.05) is 44.2 Å². The number of carbonyl (C=O) groups excluding carboxylic acids is 6. The Kier molecular flexibility index (Phi) is 21.5. The van der Waals surface area contributed by atoms with Crippen molar-refractivity contribution < 1.29 is 58.4 Å². The molecule has 5 amide bonds. The fourth-order valence-electron chi connectivity index (χ4n) is 9.40. The Balaban J connectivity index is 1.12. The number of aryl methyl sites for hydroxylation is 1. The second-order valence-electron chi connectivity index (χ2n) is 20.6. The van der Waals surface area contributed by atoms with Crippen LogP contribution in [0.1, 0.15) is 151 Å². The zero-order valence-corrected chi connectivity index (χ0v) is 53.0. The van der Waals surface area contributed by atoms with Gasteiger partial charge in [-0.2, -0.15) is 0 Å². The van der Waals surface area contributed by atoms with E-state index in [1.54, 1.807) is 70.9 Å². The molecule has 1 aromatic carbocycles. The van der Waals surface area contributed by atoms with E-state index in [0.29, 0.717) is 80.1 Å². The number of hydrogen-bond acceptors (Lipinski definition) is 23. The molecule has 460 valence electrons. The molecule has 0 saturated heterocycles. The Bertz CT molecular complexity index is 3870. The highest BCUT2D eigenvalue weighted by atomic mass is 32.1. The minimum absolute atomic E-state index is 0.00285. The fourth-order valence-corrected chi connectivity index (χ4v) is 15.0. The van der Waals surface area contributed by atoms with Gasteiger partial charge in [0.05, 0.1) is 41.2 Å². The summed E-state index contributed by atoms with van der Waals surface area (Å²) < 4.78 is 5.47. The summed E-state index contributed by atoms with van der Waals surface area (Å²) in [7, 11) is 2.94. The number of ketones is 1. The number of carboxylic acids is 2. The Morgan fingerprint density at radius 2 is 1.39 bits per heavy atom. The zero-order valence-electron chi connectivity index (χ0n) is 48.1. The van der Waals surface area contributed by atoms with Gasteiger partial charge in [0.15, 0.2) is 5.78 Å². The molecule has 0 spiro atoms. The van der Waals surface area contributed by atoms with Crippen LogP contribution in [0.5, 0.6) is 0 Å². The summed E-state index contributed by atoms with van der Waals surface area (Å²) in [6.45, 7) is 5.14. The van der Waals surface area contributed by atoms with Crippen LogP contribution >= 0.6 is 68.0 Å². The topological polar surface area (TPSA) is 348 Å².